The van der Waals surface area contributed by atoms with Crippen LogP contribution >= 0.6 is 11.6 Å². The van der Waals surface area contributed by atoms with Crippen molar-refractivity contribution in [1.82, 2.24) is 10.3 Å². The Morgan fingerprint density at radius 3 is 2.52 bits per heavy atom. The minimum atomic E-state index is -0.664. The topological polar surface area (TPSA) is 85.1 Å². The molecule has 0 aliphatic heterocycles. The number of carbonyl (C=O) groups excluding carboxylic acids is 1. The van der Waals surface area contributed by atoms with Gasteiger partial charge in [0.25, 0.3) is 11.6 Å². The van der Waals surface area contributed by atoms with Crippen molar-refractivity contribution in [3.05, 3.63) is 68.5 Å². The molecule has 1 amide bonds. The molecule has 2 aromatic rings. The Labute approximate surface area is 138 Å². The molecule has 120 valence electrons. The first-order valence-corrected chi connectivity index (χ1v) is 7.28. The minimum Gasteiger partial charge on any atom is -0.343 e. The lowest BCUT2D eigenvalue weighted by Gasteiger charge is -2.27. The van der Waals surface area contributed by atoms with E-state index in [1.54, 1.807) is 6.20 Å². The average molecular weight is 334 g/mol. The number of aromatic nitrogens is 1. The van der Waals surface area contributed by atoms with Crippen molar-refractivity contribution in [2.75, 3.05) is 0 Å². The minimum absolute atomic E-state index is 0.0366. The lowest BCUT2D eigenvalue weighted by molar-refractivity contribution is -0.384. The van der Waals surface area contributed by atoms with E-state index in [0.29, 0.717) is 0 Å². The molecule has 1 aromatic heterocycles. The number of nitro groups is 1. The molecule has 0 aliphatic carbocycles. The second-order valence-corrected chi connectivity index (χ2v) is 6.10. The SMILES string of the molecule is Cc1ccc(C(C)(C)NC(=O)c2ccc([N+](=O)[O-])cc2Cl)cn1. The van der Waals surface area contributed by atoms with E-state index < -0.39 is 16.4 Å². The summed E-state index contributed by atoms with van der Waals surface area (Å²) < 4.78 is 0. The normalized spacial score (nSPS) is 11.1. The fraction of sp³-hybridized carbons (Fsp3) is 0.250. The molecule has 0 bridgehead atoms. The third-order valence-corrected chi connectivity index (χ3v) is 3.78. The number of rotatable bonds is 4. The third-order valence-electron chi connectivity index (χ3n) is 3.47. The zero-order chi connectivity index (χ0) is 17.2. The summed E-state index contributed by atoms with van der Waals surface area (Å²) in [6, 6.07) is 7.51. The Morgan fingerprint density at radius 2 is 2.00 bits per heavy atom. The molecule has 0 aliphatic rings. The van der Waals surface area contributed by atoms with Crippen LogP contribution in [-0.4, -0.2) is 15.8 Å². The maximum Gasteiger partial charge on any atom is 0.270 e. The molecule has 2 rings (SSSR count). The van der Waals surface area contributed by atoms with Crippen molar-refractivity contribution in [3.63, 3.8) is 0 Å². The van der Waals surface area contributed by atoms with Crippen LogP contribution in [0.2, 0.25) is 5.02 Å². The van der Waals surface area contributed by atoms with Crippen LogP contribution in [0.5, 0.6) is 0 Å². The lowest BCUT2D eigenvalue weighted by atomic mass is 9.95. The van der Waals surface area contributed by atoms with Crippen molar-refractivity contribution in [2.45, 2.75) is 26.3 Å². The first kappa shape index (κ1) is 16.9. The van der Waals surface area contributed by atoms with Gasteiger partial charge in [-0.25, -0.2) is 0 Å². The predicted octanol–water partition coefficient (Wildman–Crippen LogP) is 3.62. The van der Waals surface area contributed by atoms with E-state index >= 15 is 0 Å². The van der Waals surface area contributed by atoms with Crippen molar-refractivity contribution in [1.29, 1.82) is 0 Å². The highest BCUT2D eigenvalue weighted by molar-refractivity contribution is 6.34. The van der Waals surface area contributed by atoms with Gasteiger partial charge in [-0.3, -0.25) is 19.9 Å². The Bertz CT molecular complexity index is 758. The second kappa shape index (κ2) is 6.34. The molecule has 6 nitrogen and oxygen atoms in total. The molecule has 23 heavy (non-hydrogen) atoms. The number of amides is 1. The summed E-state index contributed by atoms with van der Waals surface area (Å²) in [4.78, 5) is 26.8. The van der Waals surface area contributed by atoms with Gasteiger partial charge in [-0.05, 0) is 38.5 Å². The number of nitro benzene ring substituents is 1. The molecule has 7 heteroatoms. The van der Waals surface area contributed by atoms with Gasteiger partial charge in [0, 0.05) is 24.0 Å². The number of benzene rings is 1. The molecule has 0 atom stereocenters. The zero-order valence-electron chi connectivity index (χ0n) is 13.0. The van der Waals surface area contributed by atoms with E-state index in [4.69, 9.17) is 11.6 Å². The molecule has 1 N–H and O–H groups in total. The Kier molecular flexibility index (Phi) is 4.65. The highest BCUT2D eigenvalue weighted by Gasteiger charge is 2.25. The van der Waals surface area contributed by atoms with Crippen LogP contribution in [0.4, 0.5) is 5.69 Å². The summed E-state index contributed by atoms with van der Waals surface area (Å²) in [6.45, 7) is 5.57. The number of halogens is 1. The molecule has 1 heterocycles. The standard InChI is InChI=1S/C16H16ClN3O3/c1-10-4-5-11(9-18-10)16(2,3)19-15(21)13-7-6-12(20(22)23)8-14(13)17/h4-9H,1-3H3,(H,19,21). The monoisotopic (exact) mass is 333 g/mol. The molecule has 0 fully saturated rings. The van der Waals surface area contributed by atoms with Crippen molar-refractivity contribution >= 4 is 23.2 Å². The summed E-state index contributed by atoms with van der Waals surface area (Å²) in [5.41, 5.74) is 1.09. The summed E-state index contributed by atoms with van der Waals surface area (Å²) >= 11 is 5.99. The maximum atomic E-state index is 12.4. The lowest BCUT2D eigenvalue weighted by Crippen LogP contribution is -2.41. The predicted molar refractivity (Wildman–Crippen MR) is 87.6 cm³/mol. The third kappa shape index (κ3) is 3.84. The van der Waals surface area contributed by atoms with Gasteiger partial charge in [0.2, 0.25) is 0 Å². The summed E-state index contributed by atoms with van der Waals surface area (Å²) in [5.74, 6) is -0.407. The number of nitrogens with zero attached hydrogens (tertiary/aromatic N) is 2. The van der Waals surface area contributed by atoms with Gasteiger partial charge in [0.1, 0.15) is 0 Å². The fourth-order valence-electron chi connectivity index (χ4n) is 2.06. The number of hydrogen-bond donors (Lipinski definition) is 1. The Hall–Kier alpha value is -2.47. The quantitative estimate of drug-likeness (QED) is 0.684. The summed E-state index contributed by atoms with van der Waals surface area (Å²) in [7, 11) is 0. The van der Waals surface area contributed by atoms with Gasteiger partial charge in [0.15, 0.2) is 0 Å². The van der Waals surface area contributed by atoms with E-state index in [1.165, 1.54) is 12.1 Å². The van der Waals surface area contributed by atoms with Gasteiger partial charge in [0.05, 0.1) is 21.0 Å². The molecule has 0 saturated carbocycles. The van der Waals surface area contributed by atoms with Crippen LogP contribution in [-0.2, 0) is 5.54 Å². The van der Waals surface area contributed by atoms with Crippen LogP contribution < -0.4 is 5.32 Å². The van der Waals surface area contributed by atoms with Crippen LogP contribution in [0.15, 0.2) is 36.5 Å². The van der Waals surface area contributed by atoms with Gasteiger partial charge >= 0.3 is 0 Å². The number of aryl methyl sites for hydroxylation is 1. The molecular weight excluding hydrogens is 318 g/mol. The van der Waals surface area contributed by atoms with Crippen LogP contribution in [0.3, 0.4) is 0 Å². The average Bonchev–Trinajstić information content (AvgIpc) is 2.46. The molecule has 1 aromatic carbocycles. The Balaban J connectivity index is 2.24. The highest BCUT2D eigenvalue weighted by Crippen LogP contribution is 2.25. The van der Waals surface area contributed by atoms with E-state index in [2.05, 4.69) is 10.3 Å². The van der Waals surface area contributed by atoms with Crippen LogP contribution in [0, 0.1) is 17.0 Å². The van der Waals surface area contributed by atoms with E-state index in [-0.39, 0.29) is 16.3 Å². The molecule has 0 saturated heterocycles. The first-order chi connectivity index (χ1) is 10.7. The number of hydrogen-bond acceptors (Lipinski definition) is 4. The van der Waals surface area contributed by atoms with Crippen LogP contribution in [0.1, 0.15) is 35.5 Å². The number of nitrogens with one attached hydrogen (secondary N) is 1. The highest BCUT2D eigenvalue weighted by atomic mass is 35.5. The first-order valence-electron chi connectivity index (χ1n) is 6.90. The summed E-state index contributed by atoms with van der Waals surface area (Å²) in [5, 5.41) is 13.6. The largest absolute Gasteiger partial charge is 0.343 e. The number of non-ortho nitro benzene ring substituents is 1. The zero-order valence-corrected chi connectivity index (χ0v) is 13.7. The molecule has 0 spiro atoms. The molecular formula is C16H16ClN3O3. The van der Waals surface area contributed by atoms with Gasteiger partial charge < -0.3 is 5.32 Å². The second-order valence-electron chi connectivity index (χ2n) is 5.69. The Morgan fingerprint density at radius 1 is 1.30 bits per heavy atom. The smallest absolute Gasteiger partial charge is 0.270 e. The fourth-order valence-corrected chi connectivity index (χ4v) is 2.32. The summed E-state index contributed by atoms with van der Waals surface area (Å²) in [6.07, 6.45) is 1.70. The van der Waals surface area contributed by atoms with Crippen LogP contribution in [0.25, 0.3) is 0 Å². The van der Waals surface area contributed by atoms with Gasteiger partial charge in [-0.2, -0.15) is 0 Å². The van der Waals surface area contributed by atoms with Crippen molar-refractivity contribution in [2.24, 2.45) is 0 Å². The van der Waals surface area contributed by atoms with Gasteiger partial charge in [-0.15, -0.1) is 0 Å². The van der Waals surface area contributed by atoms with Gasteiger partial charge in [-0.1, -0.05) is 17.7 Å². The van der Waals surface area contributed by atoms with Crippen molar-refractivity contribution < 1.29 is 9.72 Å². The van der Waals surface area contributed by atoms with E-state index in [0.717, 1.165) is 17.3 Å². The molecule has 0 radical (unpaired) electrons. The van der Waals surface area contributed by atoms with E-state index in [9.17, 15) is 14.9 Å². The maximum absolute atomic E-state index is 12.4. The molecule has 0 unspecified atom stereocenters. The van der Waals surface area contributed by atoms with E-state index in [1.807, 2.05) is 32.9 Å². The number of pyridine rings is 1. The van der Waals surface area contributed by atoms with Crippen molar-refractivity contribution in [3.8, 4) is 0 Å². The number of carbonyl (C=O) groups is 1.